The van der Waals surface area contributed by atoms with E-state index in [2.05, 4.69) is 26.5 Å². The molecule has 0 saturated carbocycles. The van der Waals surface area contributed by atoms with E-state index in [0.717, 1.165) is 10.0 Å². The number of amides is 1. The highest BCUT2D eigenvalue weighted by Gasteiger charge is 2.06. The molecule has 0 aromatic heterocycles. The minimum atomic E-state index is -0.490. The van der Waals surface area contributed by atoms with Crippen molar-refractivity contribution in [1.29, 1.82) is 0 Å². The van der Waals surface area contributed by atoms with Crippen LogP contribution >= 0.6 is 15.9 Å². The van der Waals surface area contributed by atoms with E-state index in [-0.39, 0.29) is 5.69 Å². The van der Waals surface area contributed by atoms with Gasteiger partial charge >= 0.3 is 0 Å². The Morgan fingerprint density at radius 3 is 2.52 bits per heavy atom. The summed E-state index contributed by atoms with van der Waals surface area (Å²) < 4.78 is 6.71. The van der Waals surface area contributed by atoms with E-state index in [1.165, 1.54) is 18.3 Å². The van der Waals surface area contributed by atoms with Gasteiger partial charge in [-0.25, -0.2) is 5.43 Å². The Morgan fingerprint density at radius 2 is 1.83 bits per heavy atom. The molecule has 0 radical (unpaired) electrons. The molecule has 1 amide bonds. The van der Waals surface area contributed by atoms with E-state index in [1.54, 1.807) is 36.4 Å². The summed E-state index contributed by atoms with van der Waals surface area (Å²) >= 11 is 3.39. The van der Waals surface area contributed by atoms with Gasteiger partial charge in [0.1, 0.15) is 12.4 Å². The molecule has 0 unspecified atom stereocenters. The number of nitrogens with one attached hydrogen (secondary N) is 1. The van der Waals surface area contributed by atoms with E-state index in [0.29, 0.717) is 23.5 Å². The van der Waals surface area contributed by atoms with Crippen molar-refractivity contribution in [3.8, 4) is 5.75 Å². The second-order valence-electron chi connectivity index (χ2n) is 5.99. The molecule has 0 atom stereocenters. The van der Waals surface area contributed by atoms with Gasteiger partial charge < -0.3 is 4.74 Å². The van der Waals surface area contributed by atoms with Crippen molar-refractivity contribution in [1.82, 2.24) is 5.43 Å². The van der Waals surface area contributed by atoms with Gasteiger partial charge in [-0.15, -0.1) is 0 Å². The molecule has 29 heavy (non-hydrogen) atoms. The first-order valence-corrected chi connectivity index (χ1v) is 9.36. The van der Waals surface area contributed by atoms with Crippen LogP contribution in [0, 0.1) is 10.1 Å². The molecule has 3 rings (SSSR count). The second-order valence-corrected chi connectivity index (χ2v) is 6.91. The van der Waals surface area contributed by atoms with Crippen LogP contribution in [0.5, 0.6) is 5.75 Å². The van der Waals surface area contributed by atoms with Crippen LogP contribution in [0.2, 0.25) is 0 Å². The van der Waals surface area contributed by atoms with E-state index in [9.17, 15) is 14.9 Å². The third kappa shape index (κ3) is 5.98. The van der Waals surface area contributed by atoms with Crippen molar-refractivity contribution in [2.24, 2.45) is 5.10 Å². The molecular formula is C21H16BrN3O4. The fraction of sp³-hybridized carbons (Fsp3) is 0.0476. The normalized spacial score (nSPS) is 10.7. The number of rotatable bonds is 7. The molecule has 0 spiro atoms. The number of nitro groups is 1. The lowest BCUT2D eigenvalue weighted by atomic mass is 10.2. The van der Waals surface area contributed by atoms with Crippen LogP contribution in [0.4, 0.5) is 5.69 Å². The van der Waals surface area contributed by atoms with Gasteiger partial charge in [0.2, 0.25) is 0 Å². The molecule has 7 nitrogen and oxygen atoms in total. The summed E-state index contributed by atoms with van der Waals surface area (Å²) in [6, 6.07) is 20.5. The number of hydrogen-bond donors (Lipinski definition) is 1. The quantitative estimate of drug-likeness (QED) is 0.318. The molecule has 0 aliphatic rings. The van der Waals surface area contributed by atoms with Crippen LogP contribution in [0.25, 0.3) is 0 Å². The first-order valence-electron chi connectivity index (χ1n) is 8.56. The minimum absolute atomic E-state index is 0.0426. The zero-order valence-electron chi connectivity index (χ0n) is 15.1. The zero-order chi connectivity index (χ0) is 20.6. The Hall–Kier alpha value is -3.52. The molecule has 3 aromatic rings. The number of halogens is 1. The van der Waals surface area contributed by atoms with Gasteiger partial charge in [-0.1, -0.05) is 40.2 Å². The first-order chi connectivity index (χ1) is 14.0. The number of hydrazone groups is 1. The van der Waals surface area contributed by atoms with Crippen LogP contribution in [0.15, 0.2) is 82.4 Å². The molecule has 1 N–H and O–H groups in total. The molecule has 8 heteroatoms. The van der Waals surface area contributed by atoms with E-state index < -0.39 is 10.8 Å². The van der Waals surface area contributed by atoms with Crippen molar-refractivity contribution >= 4 is 33.7 Å². The lowest BCUT2D eigenvalue weighted by Gasteiger charge is -2.07. The Bertz CT molecular complexity index is 1030. The van der Waals surface area contributed by atoms with E-state index >= 15 is 0 Å². The largest absolute Gasteiger partial charge is 0.489 e. The maximum atomic E-state index is 12.2. The maximum Gasteiger partial charge on any atom is 0.271 e. The Kier molecular flexibility index (Phi) is 6.70. The molecule has 0 aliphatic carbocycles. The number of nitro benzene ring substituents is 1. The summed E-state index contributed by atoms with van der Waals surface area (Å²) in [5, 5.41) is 14.6. The fourth-order valence-corrected chi connectivity index (χ4v) is 2.66. The summed E-state index contributed by atoms with van der Waals surface area (Å²) in [6.45, 7) is 0.423. The lowest BCUT2D eigenvalue weighted by Crippen LogP contribution is -2.17. The number of hydrogen-bond acceptors (Lipinski definition) is 5. The average Bonchev–Trinajstić information content (AvgIpc) is 2.74. The standard InChI is InChI=1S/C21H16BrN3O4/c22-18-8-4-15(5-9-18)14-29-20-10-6-17(7-11-20)21(26)24-23-13-16-2-1-3-19(12-16)25(27)28/h1-13H,14H2,(H,24,26)/b23-13-. The van der Waals surface area contributed by atoms with Gasteiger partial charge in [-0.2, -0.15) is 5.10 Å². The highest BCUT2D eigenvalue weighted by atomic mass is 79.9. The summed E-state index contributed by atoms with van der Waals surface area (Å²) in [7, 11) is 0. The minimum Gasteiger partial charge on any atom is -0.489 e. The van der Waals surface area contributed by atoms with Gasteiger partial charge in [0.05, 0.1) is 11.1 Å². The summed E-state index contributed by atoms with van der Waals surface area (Å²) in [5.41, 5.74) is 4.31. The molecule has 0 heterocycles. The third-order valence-electron chi connectivity index (χ3n) is 3.90. The van der Waals surface area contributed by atoms with Crippen LogP contribution in [0.3, 0.4) is 0 Å². The molecule has 0 fully saturated rings. The molecule has 0 aliphatic heterocycles. The number of carbonyl (C=O) groups is 1. The summed E-state index contributed by atoms with van der Waals surface area (Å²) in [6.07, 6.45) is 1.35. The molecule has 0 bridgehead atoms. The highest BCUT2D eigenvalue weighted by molar-refractivity contribution is 9.10. The zero-order valence-corrected chi connectivity index (χ0v) is 16.7. The Balaban J connectivity index is 1.54. The van der Waals surface area contributed by atoms with Gasteiger partial charge in [-0.05, 0) is 42.0 Å². The number of ether oxygens (including phenoxy) is 1. The van der Waals surface area contributed by atoms with Crippen LogP contribution in [0.1, 0.15) is 21.5 Å². The van der Waals surface area contributed by atoms with Crippen LogP contribution < -0.4 is 10.2 Å². The van der Waals surface area contributed by atoms with Crippen molar-refractivity contribution in [3.05, 3.63) is 104 Å². The highest BCUT2D eigenvalue weighted by Crippen LogP contribution is 2.16. The molecule has 0 saturated heterocycles. The monoisotopic (exact) mass is 453 g/mol. The predicted octanol–water partition coefficient (Wildman–Crippen LogP) is 4.70. The first kappa shape index (κ1) is 20.2. The van der Waals surface area contributed by atoms with Crippen LogP contribution in [-0.2, 0) is 6.61 Å². The van der Waals surface area contributed by atoms with Gasteiger partial charge in [0.15, 0.2) is 0 Å². The van der Waals surface area contributed by atoms with Crippen molar-refractivity contribution < 1.29 is 14.5 Å². The smallest absolute Gasteiger partial charge is 0.271 e. The molecule has 3 aromatic carbocycles. The Labute approximate surface area is 175 Å². The maximum absolute atomic E-state index is 12.2. The topological polar surface area (TPSA) is 93.8 Å². The molecule has 146 valence electrons. The van der Waals surface area contributed by atoms with E-state index in [1.807, 2.05) is 24.3 Å². The Morgan fingerprint density at radius 1 is 1.10 bits per heavy atom. The fourth-order valence-electron chi connectivity index (χ4n) is 2.40. The van der Waals surface area contributed by atoms with E-state index in [4.69, 9.17) is 4.74 Å². The van der Waals surface area contributed by atoms with Crippen LogP contribution in [-0.4, -0.2) is 17.0 Å². The number of non-ortho nitro benzene ring substituents is 1. The number of nitrogens with zero attached hydrogens (tertiary/aromatic N) is 2. The molecular weight excluding hydrogens is 438 g/mol. The summed E-state index contributed by atoms with van der Waals surface area (Å²) in [5.74, 6) is 0.246. The number of benzene rings is 3. The van der Waals surface area contributed by atoms with Crippen molar-refractivity contribution in [2.45, 2.75) is 6.61 Å². The van der Waals surface area contributed by atoms with Gasteiger partial charge in [0, 0.05) is 27.7 Å². The number of carbonyl (C=O) groups excluding carboxylic acids is 1. The average molecular weight is 454 g/mol. The van der Waals surface area contributed by atoms with Gasteiger partial charge in [-0.3, -0.25) is 14.9 Å². The summed E-state index contributed by atoms with van der Waals surface area (Å²) in [4.78, 5) is 22.4. The van der Waals surface area contributed by atoms with Crippen molar-refractivity contribution in [3.63, 3.8) is 0 Å². The lowest BCUT2D eigenvalue weighted by molar-refractivity contribution is -0.384. The predicted molar refractivity (Wildman–Crippen MR) is 113 cm³/mol. The van der Waals surface area contributed by atoms with Gasteiger partial charge in [0.25, 0.3) is 11.6 Å². The second kappa shape index (κ2) is 9.61. The van der Waals surface area contributed by atoms with Crippen molar-refractivity contribution in [2.75, 3.05) is 0 Å². The third-order valence-corrected chi connectivity index (χ3v) is 4.42. The SMILES string of the molecule is O=C(N/N=C\c1cccc([N+](=O)[O-])c1)c1ccc(OCc2ccc(Br)cc2)cc1.